The van der Waals surface area contributed by atoms with Gasteiger partial charge in [0, 0.05) is 86.1 Å². The van der Waals surface area contributed by atoms with Crippen molar-refractivity contribution in [1.29, 1.82) is 0 Å². The molecule has 0 aliphatic carbocycles. The third kappa shape index (κ3) is 10.4. The van der Waals surface area contributed by atoms with Crippen LogP contribution in [0.1, 0.15) is 126 Å². The van der Waals surface area contributed by atoms with Crippen molar-refractivity contribution in [2.75, 3.05) is 0 Å². The number of nitrogens with zero attached hydrogens (tertiary/aromatic N) is 12. The molecule has 0 spiro atoms. The van der Waals surface area contributed by atoms with Crippen molar-refractivity contribution < 1.29 is 41.3 Å². The summed E-state index contributed by atoms with van der Waals surface area (Å²) in [7, 11) is 0. The third-order valence-electron chi connectivity index (χ3n) is 20.0. The molecule has 0 unspecified atom stereocenters. The van der Waals surface area contributed by atoms with Crippen molar-refractivity contribution in [1.82, 2.24) is 59.8 Å². The van der Waals surface area contributed by atoms with E-state index in [1.807, 2.05) is 48.5 Å². The molecule has 97 heavy (non-hydrogen) atoms. The van der Waals surface area contributed by atoms with Gasteiger partial charge in [0.05, 0.1) is 46.1 Å². The van der Waals surface area contributed by atoms with Gasteiger partial charge in [0.2, 0.25) is 0 Å². The van der Waals surface area contributed by atoms with E-state index >= 15 is 0 Å². The molecule has 14 aromatic rings. The zero-order valence-electron chi connectivity index (χ0n) is 55.8. The van der Waals surface area contributed by atoms with E-state index in [1.54, 1.807) is 0 Å². The Labute approximate surface area is 595 Å². The van der Waals surface area contributed by atoms with Gasteiger partial charge in [-0.1, -0.05) is 199 Å². The maximum absolute atomic E-state index is 5.25. The molecule has 471 valence electrons. The average Bonchev–Trinajstić information content (AvgIpc) is 1.59. The van der Waals surface area contributed by atoms with Crippen molar-refractivity contribution in [3.05, 3.63) is 215 Å². The molecule has 0 amide bonds. The van der Waals surface area contributed by atoms with Crippen LogP contribution in [0.25, 0.3) is 177 Å². The van der Waals surface area contributed by atoms with Crippen LogP contribution in [0.4, 0.5) is 0 Å². The summed E-state index contributed by atoms with van der Waals surface area (Å²) in [6.07, 6.45) is 7.60. The van der Waals surface area contributed by atoms with E-state index in [0.717, 1.165) is 183 Å². The first-order chi connectivity index (χ1) is 47.1. The topological polar surface area (TPSA) is 160 Å². The van der Waals surface area contributed by atoms with Gasteiger partial charge in [0.25, 0.3) is 0 Å². The Kier molecular flexibility index (Phi) is 15.9. The minimum atomic E-state index is 0. The van der Waals surface area contributed by atoms with Crippen LogP contribution in [-0.2, 0) is 25.7 Å². The molecule has 0 N–H and O–H groups in total. The monoisotopic (exact) mass is 1390 g/mol. The van der Waals surface area contributed by atoms with Gasteiger partial charge in [-0.05, 0) is 187 Å². The Morgan fingerprint density at radius 2 is 0.454 bits per heavy atom. The van der Waals surface area contributed by atoms with Crippen molar-refractivity contribution in [2.45, 2.75) is 107 Å². The molecule has 1 radical (unpaired) electrons. The number of benzene rings is 8. The van der Waals surface area contributed by atoms with Crippen LogP contribution in [0.2, 0.25) is 0 Å². The number of aromatic nitrogens is 12. The van der Waals surface area contributed by atoms with Gasteiger partial charge in [-0.3, -0.25) is 0 Å². The number of hydrogen-bond donors (Lipinski definition) is 0. The number of fused-ring (bicyclic) bond motifs is 32. The first kappa shape index (κ1) is 62.0. The Bertz CT molecular complexity index is 5380. The van der Waals surface area contributed by atoms with Crippen LogP contribution in [0.3, 0.4) is 0 Å². The van der Waals surface area contributed by atoms with Gasteiger partial charge >= 0.3 is 0 Å². The molecule has 6 aromatic heterocycles. The predicted molar refractivity (Wildman–Crippen MR) is 395 cm³/mol. The van der Waals surface area contributed by atoms with Crippen LogP contribution in [-0.4, -0.2) is 39.9 Å². The van der Waals surface area contributed by atoms with Crippen LogP contribution >= 0.6 is 0 Å². The van der Waals surface area contributed by atoms with Gasteiger partial charge < -0.3 is 39.9 Å². The second-order valence-corrected chi connectivity index (χ2v) is 25.2. The SMILES string of the molecule is CCC1=C(CC)c2cc3[n-]c(cc4nc(cc5[n-]c(cc1n2)c(CC)c5CC)C(CC)=C4CC)c(CC)c3CC.[Pr].c1ccc2cc3c(cc2c1)-c1nc-3nc2[n-]c(nc3nc(nc4[n-]c(n1)c1cc5ccccc5cc41)-c1cc4ccccc4cc1-3)c1cc3ccccc3cc21. The fraction of sp³-hybridized carbons (Fsp3) is 0.190. The molecule has 12 nitrogen and oxygen atoms in total. The van der Waals surface area contributed by atoms with Crippen LogP contribution < -0.4 is 19.9 Å². The summed E-state index contributed by atoms with van der Waals surface area (Å²) in [6, 6.07) is 59.4. The van der Waals surface area contributed by atoms with Crippen LogP contribution in [0, 0.1) is 41.3 Å². The maximum Gasteiger partial charge on any atom is 0.0928 e. The van der Waals surface area contributed by atoms with Crippen molar-refractivity contribution in [3.63, 3.8) is 0 Å². The molecular weight excluding hydrogens is 1320 g/mol. The van der Waals surface area contributed by atoms with E-state index in [2.05, 4.69) is 177 Å². The quantitative estimate of drug-likeness (QED) is 0.142. The van der Waals surface area contributed by atoms with E-state index in [4.69, 9.17) is 59.8 Å². The minimum Gasteiger partial charge on any atom is -0.657 e. The Morgan fingerprint density at radius 3 is 0.660 bits per heavy atom. The number of hydrogen-bond acceptors (Lipinski definition) is 8. The first-order valence-corrected chi connectivity index (χ1v) is 34.1. The summed E-state index contributed by atoms with van der Waals surface area (Å²) in [5.74, 6) is 2.14. The molecule has 4 aliphatic rings. The van der Waals surface area contributed by atoms with E-state index in [0.29, 0.717) is 45.9 Å². The number of aryl methyl sites for hydroxylation is 4. The zero-order valence-corrected chi connectivity index (χ0v) is 59.5. The summed E-state index contributed by atoms with van der Waals surface area (Å²) < 4.78 is 0. The van der Waals surface area contributed by atoms with E-state index in [-0.39, 0.29) is 41.3 Å². The van der Waals surface area contributed by atoms with Gasteiger partial charge in [-0.2, -0.15) is 0 Å². The second kappa shape index (κ2) is 25.0. The molecular formula is C84H68N12Pr-4. The molecule has 16 bridgehead atoms. The Hall–Kier alpha value is -9.88. The predicted octanol–water partition coefficient (Wildman–Crippen LogP) is 20.0. The van der Waals surface area contributed by atoms with E-state index < -0.39 is 0 Å². The zero-order chi connectivity index (χ0) is 65.0. The molecule has 0 fully saturated rings. The fourth-order valence-corrected chi connectivity index (χ4v) is 15.3. The van der Waals surface area contributed by atoms with Crippen LogP contribution in [0.5, 0.6) is 0 Å². The molecule has 0 saturated heterocycles. The third-order valence-corrected chi connectivity index (χ3v) is 20.0. The van der Waals surface area contributed by atoms with E-state index in [9.17, 15) is 0 Å². The van der Waals surface area contributed by atoms with Gasteiger partial charge in [-0.15, -0.1) is 22.1 Å². The van der Waals surface area contributed by atoms with E-state index in [1.165, 1.54) is 44.5 Å². The van der Waals surface area contributed by atoms with Gasteiger partial charge in [0.1, 0.15) is 0 Å². The second-order valence-electron chi connectivity index (χ2n) is 25.2. The normalized spacial score (nSPS) is 12.7. The van der Waals surface area contributed by atoms with Crippen molar-refractivity contribution in [3.8, 4) is 45.6 Å². The fourth-order valence-electron chi connectivity index (χ4n) is 15.3. The summed E-state index contributed by atoms with van der Waals surface area (Å²) in [5.41, 5.74) is 24.8. The molecule has 0 saturated carbocycles. The van der Waals surface area contributed by atoms with Crippen molar-refractivity contribution in [2.24, 2.45) is 0 Å². The Morgan fingerprint density at radius 1 is 0.237 bits per heavy atom. The number of allylic oxidation sites excluding steroid dienone is 4. The molecule has 4 aliphatic heterocycles. The minimum absolute atomic E-state index is 0. The molecule has 18 rings (SSSR count). The average molecular weight is 1390 g/mol. The van der Waals surface area contributed by atoms with Gasteiger partial charge in [0.15, 0.2) is 0 Å². The largest absolute Gasteiger partial charge is 0.657 e. The summed E-state index contributed by atoms with van der Waals surface area (Å²) in [5, 5.41) is 12.2. The molecule has 10 heterocycles. The maximum atomic E-state index is 5.25. The van der Waals surface area contributed by atoms with Gasteiger partial charge in [-0.25, -0.2) is 19.9 Å². The summed E-state index contributed by atoms with van der Waals surface area (Å²) in [6.45, 7) is 17.9. The van der Waals surface area contributed by atoms with Crippen LogP contribution in [0.15, 0.2) is 170 Å². The Balaban J connectivity index is 0.000000160. The molecule has 13 heteroatoms. The summed E-state index contributed by atoms with van der Waals surface area (Å²) in [4.78, 5) is 62.6. The standard InChI is InChI=1S/C48H24N8.C36H44N4.Pr/c1-2-10-26-18-34-33(17-25(26)9-1)41-49-42(34)54-44-37-21-29-13-5-6-14-30(29)22-38(37)46(51-44)56-48-40-24-32-16-8-7-15-31(32)23-39(40)47(52-48)55-45-36-20-28-12-4-3-11-27(28)19-35(36)43(50-45)53-41;1-9-21-22(10-2)30-18-32-25(13-5)26(14-6)34(39-32)20-36-28(16-8)27(15-7)35(40-36)19-33-24(12-4)23(11-3)31(38-33)17-29(21)37-30;/h1-24H;17-20H,9-16H2,1-8H3;/q2*-2;. The molecule has 8 aromatic carbocycles. The summed E-state index contributed by atoms with van der Waals surface area (Å²) >= 11 is 0. The van der Waals surface area contributed by atoms with Crippen molar-refractivity contribution >= 4 is 132 Å². The molecule has 0 atom stereocenters. The first-order valence-electron chi connectivity index (χ1n) is 34.1. The smallest absolute Gasteiger partial charge is 0.0928 e. The number of rotatable bonds is 8.